The lowest BCUT2D eigenvalue weighted by Gasteiger charge is -2.26. The lowest BCUT2D eigenvalue weighted by atomic mass is 10.0. The Kier molecular flexibility index (Phi) is 2.93. The minimum absolute atomic E-state index is 0.0239. The fourth-order valence-electron chi connectivity index (χ4n) is 1.99. The summed E-state index contributed by atoms with van der Waals surface area (Å²) in [5, 5.41) is 2.96. The Labute approximate surface area is 108 Å². The molecule has 0 spiro atoms. The van der Waals surface area contributed by atoms with Crippen molar-refractivity contribution in [2.45, 2.75) is 12.5 Å². The Morgan fingerprint density at radius 3 is 3.17 bits per heavy atom. The Hall–Kier alpha value is -1.95. The van der Waals surface area contributed by atoms with Crippen molar-refractivity contribution in [1.82, 2.24) is 14.1 Å². The average molecular weight is 261 g/mol. The van der Waals surface area contributed by atoms with Gasteiger partial charge in [0.2, 0.25) is 0 Å². The van der Waals surface area contributed by atoms with Crippen LogP contribution >= 0.6 is 11.7 Å². The molecule has 18 heavy (non-hydrogen) atoms. The first-order valence-electron chi connectivity index (χ1n) is 5.65. The topological polar surface area (TPSA) is 64.1 Å². The molecule has 1 N–H and O–H groups in total. The highest BCUT2D eigenvalue weighted by Gasteiger charge is 2.23. The number of hydrogen-bond acceptors (Lipinski definition) is 5. The minimum atomic E-state index is -0.189. The number of para-hydroxylation sites is 1. The molecule has 0 radical (unpaired) electrons. The van der Waals surface area contributed by atoms with Crippen LogP contribution in [0.15, 0.2) is 30.5 Å². The molecular formula is C12H11N3O2S. The van der Waals surface area contributed by atoms with E-state index in [0.29, 0.717) is 12.3 Å². The molecule has 1 atom stereocenters. The molecule has 1 amide bonds. The fourth-order valence-corrected chi connectivity index (χ4v) is 2.40. The molecule has 1 unspecified atom stereocenters. The van der Waals surface area contributed by atoms with E-state index in [4.69, 9.17) is 4.74 Å². The molecule has 0 bridgehead atoms. The lowest BCUT2D eigenvalue weighted by Crippen LogP contribution is -2.32. The first-order chi connectivity index (χ1) is 8.84. The van der Waals surface area contributed by atoms with Crippen LogP contribution in [-0.4, -0.2) is 21.3 Å². The van der Waals surface area contributed by atoms with Gasteiger partial charge in [0.25, 0.3) is 5.91 Å². The van der Waals surface area contributed by atoms with E-state index in [9.17, 15) is 4.79 Å². The summed E-state index contributed by atoms with van der Waals surface area (Å²) >= 11 is 1.03. The highest BCUT2D eigenvalue weighted by Crippen LogP contribution is 2.31. The molecule has 0 saturated carbocycles. The third kappa shape index (κ3) is 2.06. The van der Waals surface area contributed by atoms with Gasteiger partial charge in [0, 0.05) is 12.0 Å². The van der Waals surface area contributed by atoms with Gasteiger partial charge in [0.15, 0.2) is 5.69 Å². The summed E-state index contributed by atoms with van der Waals surface area (Å²) in [6.45, 7) is 0.608. The molecule has 2 heterocycles. The van der Waals surface area contributed by atoms with E-state index in [1.807, 2.05) is 24.3 Å². The van der Waals surface area contributed by atoms with Gasteiger partial charge in [0.1, 0.15) is 5.75 Å². The summed E-state index contributed by atoms with van der Waals surface area (Å²) < 4.78 is 13.3. The van der Waals surface area contributed by atoms with Crippen LogP contribution < -0.4 is 10.1 Å². The van der Waals surface area contributed by atoms with Crippen LogP contribution in [-0.2, 0) is 0 Å². The first-order valence-corrected chi connectivity index (χ1v) is 6.38. The molecule has 0 fully saturated rings. The van der Waals surface area contributed by atoms with Crippen molar-refractivity contribution in [3.05, 3.63) is 41.7 Å². The van der Waals surface area contributed by atoms with E-state index < -0.39 is 0 Å². The van der Waals surface area contributed by atoms with Crippen LogP contribution in [0.3, 0.4) is 0 Å². The van der Waals surface area contributed by atoms with Crippen LogP contribution in [0, 0.1) is 0 Å². The summed E-state index contributed by atoms with van der Waals surface area (Å²) in [5.41, 5.74) is 1.38. The van der Waals surface area contributed by atoms with Crippen molar-refractivity contribution >= 4 is 17.6 Å². The predicted octanol–water partition coefficient (Wildman–Crippen LogP) is 1.79. The summed E-state index contributed by atoms with van der Waals surface area (Å²) in [4.78, 5) is 11.9. The van der Waals surface area contributed by atoms with E-state index in [0.717, 1.165) is 29.5 Å². The van der Waals surface area contributed by atoms with Crippen LogP contribution in [0.5, 0.6) is 5.75 Å². The van der Waals surface area contributed by atoms with Gasteiger partial charge in [0.05, 0.1) is 30.6 Å². The monoisotopic (exact) mass is 261 g/mol. The van der Waals surface area contributed by atoms with Crippen molar-refractivity contribution in [2.75, 3.05) is 6.61 Å². The second-order valence-corrected chi connectivity index (χ2v) is 4.55. The minimum Gasteiger partial charge on any atom is -0.493 e. The van der Waals surface area contributed by atoms with Crippen LogP contribution in [0.25, 0.3) is 0 Å². The number of amides is 1. The molecule has 1 aliphatic rings. The number of benzene rings is 1. The van der Waals surface area contributed by atoms with Crippen molar-refractivity contribution < 1.29 is 9.53 Å². The molecule has 1 aromatic carbocycles. The maximum atomic E-state index is 11.9. The summed E-state index contributed by atoms with van der Waals surface area (Å²) in [7, 11) is 0. The van der Waals surface area contributed by atoms with E-state index >= 15 is 0 Å². The Morgan fingerprint density at radius 2 is 2.33 bits per heavy atom. The Balaban J connectivity index is 1.80. The van der Waals surface area contributed by atoms with E-state index in [2.05, 4.69) is 14.1 Å². The largest absolute Gasteiger partial charge is 0.493 e. The first kappa shape index (κ1) is 11.2. The molecule has 0 saturated heterocycles. The van der Waals surface area contributed by atoms with Gasteiger partial charge < -0.3 is 10.1 Å². The number of aromatic nitrogens is 2. The molecule has 5 nitrogen and oxygen atoms in total. The maximum Gasteiger partial charge on any atom is 0.273 e. The van der Waals surface area contributed by atoms with Gasteiger partial charge in [-0.25, -0.2) is 0 Å². The normalized spacial score (nSPS) is 17.7. The Morgan fingerprint density at radius 1 is 1.44 bits per heavy atom. The third-order valence-electron chi connectivity index (χ3n) is 2.86. The van der Waals surface area contributed by atoms with Gasteiger partial charge in [-0.15, -0.1) is 0 Å². The summed E-state index contributed by atoms with van der Waals surface area (Å²) in [5.74, 6) is 0.649. The number of nitrogens with one attached hydrogen (secondary N) is 1. The summed E-state index contributed by atoms with van der Waals surface area (Å²) in [6, 6.07) is 7.73. The second-order valence-electron chi connectivity index (χ2n) is 3.99. The lowest BCUT2D eigenvalue weighted by molar-refractivity contribution is 0.0920. The zero-order valence-corrected chi connectivity index (χ0v) is 10.3. The zero-order valence-electron chi connectivity index (χ0n) is 9.50. The molecular weight excluding hydrogens is 250 g/mol. The molecule has 1 aromatic heterocycles. The number of rotatable bonds is 2. The maximum absolute atomic E-state index is 11.9. The van der Waals surface area contributed by atoms with Gasteiger partial charge in [-0.1, -0.05) is 18.2 Å². The number of fused-ring (bicyclic) bond motifs is 1. The molecule has 92 valence electrons. The van der Waals surface area contributed by atoms with E-state index in [-0.39, 0.29) is 11.9 Å². The number of hydrogen-bond donors (Lipinski definition) is 1. The molecule has 1 aliphatic heterocycles. The van der Waals surface area contributed by atoms with Gasteiger partial charge >= 0.3 is 0 Å². The van der Waals surface area contributed by atoms with Crippen LogP contribution in [0.2, 0.25) is 0 Å². The van der Waals surface area contributed by atoms with Gasteiger partial charge in [-0.05, 0) is 6.07 Å². The molecule has 2 aromatic rings. The fraction of sp³-hybridized carbons (Fsp3) is 0.250. The van der Waals surface area contributed by atoms with Crippen LogP contribution in [0.4, 0.5) is 0 Å². The van der Waals surface area contributed by atoms with E-state index in [1.54, 1.807) is 0 Å². The van der Waals surface area contributed by atoms with Crippen molar-refractivity contribution in [3.8, 4) is 5.75 Å². The third-order valence-corrected chi connectivity index (χ3v) is 3.34. The molecule has 6 heteroatoms. The van der Waals surface area contributed by atoms with Crippen molar-refractivity contribution in [1.29, 1.82) is 0 Å². The van der Waals surface area contributed by atoms with Gasteiger partial charge in [-0.3, -0.25) is 4.79 Å². The molecule has 0 aliphatic carbocycles. The highest BCUT2D eigenvalue weighted by atomic mass is 32.1. The average Bonchev–Trinajstić information content (AvgIpc) is 2.93. The number of carbonyl (C=O) groups excluding carboxylic acids is 1. The number of carbonyl (C=O) groups is 1. The quantitative estimate of drug-likeness (QED) is 0.895. The standard InChI is InChI=1S/C12H11N3O2S/c16-12(10-7-13-18-15-10)14-9-5-6-17-11-4-2-1-3-8(9)11/h1-4,7,9H,5-6H2,(H,14,16). The number of nitrogens with zero attached hydrogens (tertiary/aromatic N) is 2. The van der Waals surface area contributed by atoms with Crippen LogP contribution in [0.1, 0.15) is 28.5 Å². The highest BCUT2D eigenvalue weighted by molar-refractivity contribution is 6.99. The second kappa shape index (κ2) is 4.73. The Bertz CT molecular complexity index is 556. The predicted molar refractivity (Wildman–Crippen MR) is 66.7 cm³/mol. The summed E-state index contributed by atoms with van der Waals surface area (Å²) in [6.07, 6.45) is 2.24. The molecule has 3 rings (SSSR count). The van der Waals surface area contributed by atoms with Crippen molar-refractivity contribution in [2.24, 2.45) is 0 Å². The number of ether oxygens (including phenoxy) is 1. The van der Waals surface area contributed by atoms with Gasteiger partial charge in [-0.2, -0.15) is 8.75 Å². The smallest absolute Gasteiger partial charge is 0.273 e. The van der Waals surface area contributed by atoms with Crippen molar-refractivity contribution in [3.63, 3.8) is 0 Å². The van der Waals surface area contributed by atoms with E-state index in [1.165, 1.54) is 6.20 Å². The zero-order chi connectivity index (χ0) is 12.4. The SMILES string of the molecule is O=C(NC1CCOc2ccccc21)c1cnsn1.